The average Bonchev–Trinajstić information content (AvgIpc) is 2.55. The van der Waals surface area contributed by atoms with E-state index in [4.69, 9.17) is 16.3 Å². The predicted molar refractivity (Wildman–Crippen MR) is 88.8 cm³/mol. The van der Waals surface area contributed by atoms with Gasteiger partial charge in [0.15, 0.2) is 0 Å². The highest BCUT2D eigenvalue weighted by atomic mass is 35.5. The second kappa shape index (κ2) is 7.42. The van der Waals surface area contributed by atoms with Gasteiger partial charge in [0.2, 0.25) is 5.91 Å². The minimum atomic E-state index is -0.559. The Morgan fingerprint density at radius 1 is 1.30 bits per heavy atom. The van der Waals surface area contributed by atoms with E-state index in [1.807, 2.05) is 12.1 Å². The molecule has 0 saturated carbocycles. The van der Waals surface area contributed by atoms with Crippen molar-refractivity contribution in [2.75, 3.05) is 12.4 Å². The van der Waals surface area contributed by atoms with Gasteiger partial charge in [0.05, 0.1) is 22.7 Å². The van der Waals surface area contributed by atoms with E-state index >= 15 is 0 Å². The normalized spacial score (nSPS) is 10.5. The van der Waals surface area contributed by atoms with Crippen LogP contribution in [-0.4, -0.2) is 17.9 Å². The summed E-state index contributed by atoms with van der Waals surface area (Å²) in [5.74, 6) is 0.170. The van der Waals surface area contributed by atoms with Crippen LogP contribution in [0.3, 0.4) is 0 Å². The fourth-order valence-corrected chi connectivity index (χ4v) is 2.03. The third-order valence-corrected chi connectivity index (χ3v) is 3.30. The van der Waals surface area contributed by atoms with E-state index in [0.29, 0.717) is 5.75 Å². The van der Waals surface area contributed by atoms with Crippen LogP contribution in [0.15, 0.2) is 48.5 Å². The molecule has 1 amide bonds. The minimum absolute atomic E-state index is 0.154. The molecule has 0 fully saturated rings. The number of rotatable bonds is 5. The zero-order chi connectivity index (χ0) is 16.8. The number of non-ortho nitro benzene ring substituents is 1. The topological polar surface area (TPSA) is 81.5 Å². The molecule has 118 valence electrons. The van der Waals surface area contributed by atoms with Gasteiger partial charge in [0, 0.05) is 23.8 Å². The number of hydrogen-bond acceptors (Lipinski definition) is 4. The first-order chi connectivity index (χ1) is 11.0. The minimum Gasteiger partial charge on any atom is -0.496 e. The van der Waals surface area contributed by atoms with Gasteiger partial charge in [-0.15, -0.1) is 0 Å². The Hall–Kier alpha value is -2.86. The summed E-state index contributed by atoms with van der Waals surface area (Å²) >= 11 is 5.93. The molecule has 0 aliphatic carbocycles. The molecular weight excluding hydrogens is 320 g/mol. The van der Waals surface area contributed by atoms with Crippen molar-refractivity contribution in [3.63, 3.8) is 0 Å². The molecule has 2 aromatic carbocycles. The lowest BCUT2D eigenvalue weighted by atomic mass is 10.2. The molecule has 0 radical (unpaired) electrons. The van der Waals surface area contributed by atoms with Gasteiger partial charge in [0.25, 0.3) is 5.69 Å². The maximum atomic E-state index is 12.0. The van der Waals surface area contributed by atoms with E-state index in [0.717, 1.165) is 5.56 Å². The number of nitro groups is 1. The van der Waals surface area contributed by atoms with E-state index in [1.54, 1.807) is 18.2 Å². The number of nitrogens with zero attached hydrogens (tertiary/aromatic N) is 1. The van der Waals surface area contributed by atoms with Crippen molar-refractivity contribution >= 4 is 35.0 Å². The molecule has 1 N–H and O–H groups in total. The fourth-order valence-electron chi connectivity index (χ4n) is 1.87. The highest BCUT2D eigenvalue weighted by Gasteiger charge is 2.11. The van der Waals surface area contributed by atoms with Crippen molar-refractivity contribution in [1.82, 2.24) is 0 Å². The maximum Gasteiger partial charge on any atom is 0.271 e. The van der Waals surface area contributed by atoms with Crippen molar-refractivity contribution in [3.05, 3.63) is 69.2 Å². The number of ether oxygens (including phenoxy) is 1. The number of nitrogens with one attached hydrogen (secondary N) is 1. The number of carbonyl (C=O) groups excluding carboxylic acids is 1. The molecule has 0 spiro atoms. The lowest BCUT2D eigenvalue weighted by Crippen LogP contribution is -2.08. The summed E-state index contributed by atoms with van der Waals surface area (Å²) in [5, 5.41) is 13.5. The molecule has 0 heterocycles. The molecule has 6 nitrogen and oxygen atoms in total. The molecule has 0 aliphatic heterocycles. The lowest BCUT2D eigenvalue weighted by Gasteiger charge is -2.05. The number of hydrogen-bond donors (Lipinski definition) is 1. The van der Waals surface area contributed by atoms with Gasteiger partial charge in [0.1, 0.15) is 5.75 Å². The van der Waals surface area contributed by atoms with E-state index in [9.17, 15) is 14.9 Å². The van der Waals surface area contributed by atoms with Gasteiger partial charge in [-0.1, -0.05) is 29.8 Å². The SMILES string of the molecule is COc1ccccc1/C=C/C(=O)Nc1cc([N+](=O)[O-])ccc1Cl. The van der Waals surface area contributed by atoms with Crippen molar-refractivity contribution in [3.8, 4) is 5.75 Å². The third-order valence-electron chi connectivity index (χ3n) is 2.97. The molecule has 0 atom stereocenters. The summed E-state index contributed by atoms with van der Waals surface area (Å²) < 4.78 is 5.18. The Labute approximate surface area is 137 Å². The molecule has 0 unspecified atom stereocenters. The highest BCUT2D eigenvalue weighted by Crippen LogP contribution is 2.26. The Bertz CT molecular complexity index is 774. The molecule has 7 heteroatoms. The summed E-state index contributed by atoms with van der Waals surface area (Å²) in [6.07, 6.45) is 2.88. The van der Waals surface area contributed by atoms with Gasteiger partial charge in [-0.2, -0.15) is 0 Å². The first-order valence-corrected chi connectivity index (χ1v) is 6.95. The van der Waals surface area contributed by atoms with Gasteiger partial charge in [-0.25, -0.2) is 0 Å². The van der Waals surface area contributed by atoms with Gasteiger partial charge < -0.3 is 10.1 Å². The lowest BCUT2D eigenvalue weighted by molar-refractivity contribution is -0.384. The molecule has 0 saturated heterocycles. The summed E-state index contributed by atoms with van der Waals surface area (Å²) in [4.78, 5) is 22.1. The maximum absolute atomic E-state index is 12.0. The molecule has 0 aliphatic rings. The largest absolute Gasteiger partial charge is 0.496 e. The molecule has 0 bridgehead atoms. The zero-order valence-electron chi connectivity index (χ0n) is 12.2. The Morgan fingerprint density at radius 3 is 2.74 bits per heavy atom. The highest BCUT2D eigenvalue weighted by molar-refractivity contribution is 6.34. The van der Waals surface area contributed by atoms with Crippen LogP contribution in [-0.2, 0) is 4.79 Å². The van der Waals surface area contributed by atoms with Gasteiger partial charge in [-0.05, 0) is 18.2 Å². The number of anilines is 1. The van der Waals surface area contributed by atoms with Crippen LogP contribution in [0.2, 0.25) is 5.02 Å². The van der Waals surface area contributed by atoms with Crippen LogP contribution in [0, 0.1) is 10.1 Å². The van der Waals surface area contributed by atoms with Crippen LogP contribution in [0.5, 0.6) is 5.75 Å². The van der Waals surface area contributed by atoms with E-state index < -0.39 is 10.8 Å². The number of carbonyl (C=O) groups is 1. The van der Waals surface area contributed by atoms with Crippen LogP contribution >= 0.6 is 11.6 Å². The molecule has 23 heavy (non-hydrogen) atoms. The first kappa shape index (κ1) is 16.5. The summed E-state index contributed by atoms with van der Waals surface area (Å²) in [5.41, 5.74) is 0.754. The quantitative estimate of drug-likeness (QED) is 0.511. The van der Waals surface area contributed by atoms with E-state index in [2.05, 4.69) is 5.32 Å². The van der Waals surface area contributed by atoms with Crippen LogP contribution < -0.4 is 10.1 Å². The van der Waals surface area contributed by atoms with Crippen LogP contribution in [0.4, 0.5) is 11.4 Å². The second-order valence-corrected chi connectivity index (χ2v) is 4.89. The number of nitro benzene ring substituents is 1. The fraction of sp³-hybridized carbons (Fsp3) is 0.0625. The van der Waals surface area contributed by atoms with Crippen molar-refractivity contribution in [1.29, 1.82) is 0 Å². The number of halogens is 1. The third kappa shape index (κ3) is 4.31. The number of para-hydroxylation sites is 1. The second-order valence-electron chi connectivity index (χ2n) is 4.49. The van der Waals surface area contributed by atoms with Gasteiger partial charge >= 0.3 is 0 Å². The summed E-state index contributed by atoms with van der Waals surface area (Å²) in [7, 11) is 1.54. The Kier molecular flexibility index (Phi) is 5.32. The molecular formula is C16H13ClN2O4. The van der Waals surface area contributed by atoms with Crippen molar-refractivity contribution in [2.24, 2.45) is 0 Å². The number of amides is 1. The number of benzene rings is 2. The summed E-state index contributed by atoms with van der Waals surface area (Å²) in [6.45, 7) is 0. The molecule has 2 rings (SSSR count). The summed E-state index contributed by atoms with van der Waals surface area (Å²) in [6, 6.07) is 11.0. The van der Waals surface area contributed by atoms with Crippen molar-refractivity contribution in [2.45, 2.75) is 0 Å². The van der Waals surface area contributed by atoms with Crippen LogP contribution in [0.1, 0.15) is 5.56 Å². The Morgan fingerprint density at radius 2 is 2.04 bits per heavy atom. The standard InChI is InChI=1S/C16H13ClN2O4/c1-23-15-5-3-2-4-11(15)6-9-16(20)18-14-10-12(19(21)22)7-8-13(14)17/h2-10H,1H3,(H,18,20)/b9-6+. The monoisotopic (exact) mass is 332 g/mol. The molecule has 2 aromatic rings. The molecule has 0 aromatic heterocycles. The smallest absolute Gasteiger partial charge is 0.271 e. The van der Waals surface area contributed by atoms with E-state index in [1.165, 1.54) is 31.4 Å². The van der Waals surface area contributed by atoms with Gasteiger partial charge in [-0.3, -0.25) is 14.9 Å². The van der Waals surface area contributed by atoms with Crippen molar-refractivity contribution < 1.29 is 14.5 Å². The van der Waals surface area contributed by atoms with Crippen LogP contribution in [0.25, 0.3) is 6.08 Å². The predicted octanol–water partition coefficient (Wildman–Crippen LogP) is 3.91. The van der Waals surface area contributed by atoms with E-state index in [-0.39, 0.29) is 16.4 Å². The number of methoxy groups -OCH3 is 1. The Balaban J connectivity index is 2.15. The zero-order valence-corrected chi connectivity index (χ0v) is 12.9. The first-order valence-electron chi connectivity index (χ1n) is 6.57. The average molecular weight is 333 g/mol.